The number of ether oxygens (including phenoxy) is 1. The summed E-state index contributed by atoms with van der Waals surface area (Å²) >= 11 is 6.89. The molecule has 0 spiro atoms. The molecule has 0 fully saturated rings. The van der Waals surface area contributed by atoms with Gasteiger partial charge in [0.05, 0.1) is 11.6 Å². The third-order valence-electron chi connectivity index (χ3n) is 2.81. The summed E-state index contributed by atoms with van der Waals surface area (Å²) in [6.07, 6.45) is 2.25. The maximum absolute atomic E-state index is 13.4. The van der Waals surface area contributed by atoms with E-state index in [1.165, 1.54) is 6.07 Å². The first kappa shape index (κ1) is 15.0. The minimum atomic E-state index is -0.298. The lowest BCUT2D eigenvalue weighted by Gasteiger charge is -2.20. The smallest absolute Gasteiger partial charge is 0.141 e. The first-order valence-corrected chi connectivity index (χ1v) is 7.39. The number of hydrogen-bond acceptors (Lipinski definition) is 1. The predicted octanol–water partition coefficient (Wildman–Crippen LogP) is 5.47. The zero-order chi connectivity index (χ0) is 13.0. The first-order valence-electron chi connectivity index (χ1n) is 5.68. The fourth-order valence-corrected chi connectivity index (χ4v) is 2.83. The summed E-state index contributed by atoms with van der Waals surface area (Å²) < 4.78 is 19.1. The van der Waals surface area contributed by atoms with E-state index in [1.54, 1.807) is 13.2 Å². The van der Waals surface area contributed by atoms with Crippen LogP contribution in [0.1, 0.15) is 37.1 Å². The van der Waals surface area contributed by atoms with E-state index in [-0.39, 0.29) is 10.6 Å². The number of alkyl halides is 1. The lowest BCUT2D eigenvalue weighted by Crippen LogP contribution is -2.05. The predicted molar refractivity (Wildman–Crippen MR) is 76.4 cm³/mol. The van der Waals surface area contributed by atoms with Crippen molar-refractivity contribution in [2.45, 2.75) is 31.5 Å². The Morgan fingerprint density at radius 1 is 1.41 bits per heavy atom. The number of benzene rings is 1. The molecule has 4 heteroatoms. The van der Waals surface area contributed by atoms with Gasteiger partial charge in [-0.05, 0) is 34.3 Å². The van der Waals surface area contributed by atoms with Crippen LogP contribution >= 0.6 is 31.9 Å². The van der Waals surface area contributed by atoms with Gasteiger partial charge in [-0.25, -0.2) is 4.39 Å². The van der Waals surface area contributed by atoms with Gasteiger partial charge in [0.15, 0.2) is 0 Å². The molecule has 0 saturated carbocycles. The van der Waals surface area contributed by atoms with Gasteiger partial charge in [-0.15, -0.1) is 0 Å². The highest BCUT2D eigenvalue weighted by Gasteiger charge is 2.21. The molecule has 0 saturated heterocycles. The van der Waals surface area contributed by atoms with Crippen molar-refractivity contribution in [3.05, 3.63) is 28.0 Å². The Morgan fingerprint density at radius 3 is 2.59 bits per heavy atom. The topological polar surface area (TPSA) is 9.23 Å². The van der Waals surface area contributed by atoms with Crippen LogP contribution in [0.2, 0.25) is 0 Å². The highest BCUT2D eigenvalue weighted by atomic mass is 79.9. The Kier molecular flexibility index (Phi) is 5.93. The maximum Gasteiger partial charge on any atom is 0.141 e. The van der Waals surface area contributed by atoms with Gasteiger partial charge < -0.3 is 4.74 Å². The van der Waals surface area contributed by atoms with Crippen LogP contribution in [0, 0.1) is 11.7 Å². The Hall–Kier alpha value is -0.0900. The summed E-state index contributed by atoms with van der Waals surface area (Å²) in [5.41, 5.74) is 0.988. The van der Waals surface area contributed by atoms with Gasteiger partial charge in [-0.1, -0.05) is 36.2 Å². The highest BCUT2D eigenvalue weighted by Crippen LogP contribution is 2.40. The summed E-state index contributed by atoms with van der Waals surface area (Å²) in [5.74, 6) is 0.773. The van der Waals surface area contributed by atoms with Crippen molar-refractivity contribution in [1.29, 1.82) is 0 Å². The minimum absolute atomic E-state index is 0.175. The highest BCUT2D eigenvalue weighted by molar-refractivity contribution is 9.10. The van der Waals surface area contributed by atoms with E-state index >= 15 is 0 Å². The molecule has 1 aromatic rings. The molecule has 2 unspecified atom stereocenters. The van der Waals surface area contributed by atoms with E-state index in [1.807, 2.05) is 0 Å². The van der Waals surface area contributed by atoms with Crippen molar-refractivity contribution in [3.8, 4) is 5.75 Å². The van der Waals surface area contributed by atoms with Gasteiger partial charge in [0.2, 0.25) is 0 Å². The molecule has 0 aliphatic heterocycles. The van der Waals surface area contributed by atoms with Gasteiger partial charge in [0.25, 0.3) is 0 Å². The molecule has 0 amide bonds. The van der Waals surface area contributed by atoms with Crippen LogP contribution in [0.4, 0.5) is 4.39 Å². The quantitative estimate of drug-likeness (QED) is 0.627. The molecule has 17 heavy (non-hydrogen) atoms. The van der Waals surface area contributed by atoms with Crippen LogP contribution in [0.3, 0.4) is 0 Å². The Bertz CT molecular complexity index is 382. The van der Waals surface area contributed by atoms with E-state index in [9.17, 15) is 4.39 Å². The summed E-state index contributed by atoms with van der Waals surface area (Å²) in [6.45, 7) is 4.34. The molecule has 0 bridgehead atoms. The summed E-state index contributed by atoms with van der Waals surface area (Å²) in [4.78, 5) is 0.175. The van der Waals surface area contributed by atoms with E-state index in [2.05, 4.69) is 45.7 Å². The molecule has 1 aromatic carbocycles. The lowest BCUT2D eigenvalue weighted by molar-refractivity contribution is 0.399. The fraction of sp³-hybridized carbons (Fsp3) is 0.538. The third-order valence-corrected chi connectivity index (χ3v) is 4.82. The molecule has 0 aromatic heterocycles. The van der Waals surface area contributed by atoms with Crippen LogP contribution in [0.5, 0.6) is 5.75 Å². The Balaban J connectivity index is 3.07. The van der Waals surface area contributed by atoms with Gasteiger partial charge in [-0.3, -0.25) is 0 Å². The zero-order valence-corrected chi connectivity index (χ0v) is 13.4. The number of rotatable bonds is 5. The molecule has 0 aliphatic rings. The van der Waals surface area contributed by atoms with Crippen molar-refractivity contribution >= 4 is 31.9 Å². The van der Waals surface area contributed by atoms with Crippen LogP contribution in [-0.2, 0) is 0 Å². The lowest BCUT2D eigenvalue weighted by atomic mass is 9.96. The zero-order valence-electron chi connectivity index (χ0n) is 10.3. The van der Waals surface area contributed by atoms with Gasteiger partial charge in [0.1, 0.15) is 11.6 Å². The second-order valence-electron chi connectivity index (χ2n) is 4.18. The largest absolute Gasteiger partial charge is 0.496 e. The molecular weight excluding hydrogens is 351 g/mol. The Morgan fingerprint density at radius 2 is 2.06 bits per heavy atom. The second kappa shape index (κ2) is 6.74. The molecule has 1 nitrogen and oxygen atoms in total. The standard InChI is InChI=1S/C13H17Br2FO/c1-4-5-8(2)13(15)9-6-10(14)11(16)7-12(9)17-3/h6-8,13H,4-5H2,1-3H3. The summed E-state index contributed by atoms with van der Waals surface area (Å²) in [6, 6.07) is 3.21. The van der Waals surface area contributed by atoms with Crippen molar-refractivity contribution in [2.24, 2.45) is 5.92 Å². The molecule has 1 rings (SSSR count). The number of halogens is 3. The molecular formula is C13H17Br2FO. The summed E-state index contributed by atoms with van der Waals surface area (Å²) in [5, 5.41) is 0. The van der Waals surface area contributed by atoms with Crippen LogP contribution in [-0.4, -0.2) is 7.11 Å². The maximum atomic E-state index is 13.4. The minimum Gasteiger partial charge on any atom is -0.496 e. The summed E-state index contributed by atoms with van der Waals surface area (Å²) in [7, 11) is 1.57. The molecule has 2 atom stereocenters. The molecule has 0 aliphatic carbocycles. The SMILES string of the molecule is CCCC(C)C(Br)c1cc(Br)c(F)cc1OC. The van der Waals surface area contributed by atoms with Gasteiger partial charge in [0, 0.05) is 16.5 Å². The van der Waals surface area contributed by atoms with Crippen molar-refractivity contribution in [1.82, 2.24) is 0 Å². The Labute approximate surface area is 119 Å². The monoisotopic (exact) mass is 366 g/mol. The third kappa shape index (κ3) is 3.68. The van der Waals surface area contributed by atoms with Crippen molar-refractivity contribution < 1.29 is 9.13 Å². The van der Waals surface area contributed by atoms with Crippen LogP contribution < -0.4 is 4.74 Å². The van der Waals surface area contributed by atoms with E-state index < -0.39 is 0 Å². The second-order valence-corrected chi connectivity index (χ2v) is 6.02. The van der Waals surface area contributed by atoms with Gasteiger partial charge in [-0.2, -0.15) is 0 Å². The molecule has 96 valence electrons. The molecule has 0 heterocycles. The van der Waals surface area contributed by atoms with Crippen LogP contribution in [0.25, 0.3) is 0 Å². The van der Waals surface area contributed by atoms with E-state index in [0.29, 0.717) is 16.1 Å². The van der Waals surface area contributed by atoms with Crippen molar-refractivity contribution in [2.75, 3.05) is 7.11 Å². The average Bonchev–Trinajstić information content (AvgIpc) is 2.31. The fourth-order valence-electron chi connectivity index (χ4n) is 1.84. The molecule has 0 N–H and O–H groups in total. The van der Waals surface area contributed by atoms with Gasteiger partial charge >= 0.3 is 0 Å². The first-order chi connectivity index (χ1) is 8.01. The normalized spacial score (nSPS) is 14.5. The number of methoxy groups -OCH3 is 1. The van der Waals surface area contributed by atoms with Crippen LogP contribution in [0.15, 0.2) is 16.6 Å². The molecule has 0 radical (unpaired) electrons. The van der Waals surface area contributed by atoms with Crippen molar-refractivity contribution in [3.63, 3.8) is 0 Å². The number of hydrogen-bond donors (Lipinski definition) is 0. The van der Waals surface area contributed by atoms with E-state index in [4.69, 9.17) is 4.74 Å². The average molecular weight is 368 g/mol. The van der Waals surface area contributed by atoms with E-state index in [0.717, 1.165) is 18.4 Å².